The van der Waals surface area contributed by atoms with E-state index in [0.29, 0.717) is 34.8 Å². The summed E-state index contributed by atoms with van der Waals surface area (Å²) in [6.07, 6.45) is 6.95. The van der Waals surface area contributed by atoms with Crippen molar-refractivity contribution >= 4 is 17.1 Å². The molecule has 1 unspecified atom stereocenters. The van der Waals surface area contributed by atoms with Gasteiger partial charge in [0.25, 0.3) is 5.56 Å². The third kappa shape index (κ3) is 6.61. The van der Waals surface area contributed by atoms with Gasteiger partial charge >= 0.3 is 6.09 Å². The number of rotatable bonds is 9. The summed E-state index contributed by atoms with van der Waals surface area (Å²) in [7, 11) is 0. The van der Waals surface area contributed by atoms with E-state index in [9.17, 15) is 9.59 Å². The van der Waals surface area contributed by atoms with Crippen LogP contribution in [0.25, 0.3) is 22.4 Å². The Balaban J connectivity index is 1.32. The predicted molar refractivity (Wildman–Crippen MR) is 174 cm³/mol. The molecule has 4 aromatic rings. The fraction of sp³-hybridized carbons (Fsp3) is 0.486. The highest BCUT2D eigenvalue weighted by Crippen LogP contribution is 2.36. The second-order valence-electron chi connectivity index (χ2n) is 12.2. The molecular weight excluding hydrogens is 568 g/mol. The Morgan fingerprint density at radius 3 is 2.56 bits per heavy atom. The highest BCUT2D eigenvalue weighted by molar-refractivity contribution is 5.80. The average Bonchev–Trinajstić information content (AvgIpc) is 3.42. The largest absolute Gasteiger partial charge is 0.493 e. The minimum atomic E-state index is -0.331. The van der Waals surface area contributed by atoms with Gasteiger partial charge in [-0.05, 0) is 82.8 Å². The quantitative estimate of drug-likeness (QED) is 0.223. The molecule has 10 heteroatoms. The molecule has 1 atom stereocenters. The number of piperidine rings is 1. The number of ether oxygens (including phenoxy) is 2. The zero-order valence-electron chi connectivity index (χ0n) is 26.6. The van der Waals surface area contributed by atoms with Crippen LogP contribution in [0.4, 0.5) is 4.79 Å². The second kappa shape index (κ2) is 13.9. The van der Waals surface area contributed by atoms with Gasteiger partial charge in [-0.15, -0.1) is 0 Å². The number of nitrogens with one attached hydrogen (secondary N) is 2. The van der Waals surface area contributed by atoms with Gasteiger partial charge in [0.2, 0.25) is 0 Å². The Morgan fingerprint density at radius 2 is 1.82 bits per heavy atom. The van der Waals surface area contributed by atoms with Gasteiger partial charge in [-0.1, -0.05) is 55.7 Å². The molecule has 1 aliphatic carbocycles. The van der Waals surface area contributed by atoms with E-state index < -0.39 is 0 Å². The Labute approximate surface area is 264 Å². The highest BCUT2D eigenvalue weighted by Gasteiger charge is 2.32. The molecule has 10 nitrogen and oxygen atoms in total. The van der Waals surface area contributed by atoms with Gasteiger partial charge in [0, 0.05) is 6.04 Å². The molecule has 2 aromatic carbocycles. The monoisotopic (exact) mass is 612 g/mol. The van der Waals surface area contributed by atoms with Crippen molar-refractivity contribution in [2.45, 2.75) is 90.4 Å². The molecule has 238 valence electrons. The Kier molecular flexibility index (Phi) is 9.49. The lowest BCUT2D eigenvalue weighted by molar-refractivity contribution is 0.0559. The molecule has 1 saturated carbocycles. The molecular formula is C35H44N6O4. The SMILES string of the molecule is CCOc1cc(C(C)N(C(=O)OCc2ccccc2)C2CCNCC2)ccc1-c1nc2c(C)nn(C3CCCCC3)c2c(=O)[nH]1. The number of aromatic nitrogens is 4. The van der Waals surface area contributed by atoms with Crippen molar-refractivity contribution in [1.29, 1.82) is 0 Å². The first kappa shape index (κ1) is 30.8. The summed E-state index contributed by atoms with van der Waals surface area (Å²) >= 11 is 0. The number of carbonyl (C=O) groups is 1. The Bertz CT molecular complexity index is 1670. The molecule has 45 heavy (non-hydrogen) atoms. The number of H-pyrrole nitrogens is 1. The zero-order valence-corrected chi connectivity index (χ0v) is 26.6. The van der Waals surface area contributed by atoms with Gasteiger partial charge in [-0.3, -0.25) is 14.4 Å². The van der Waals surface area contributed by atoms with E-state index in [1.165, 1.54) is 6.42 Å². The molecule has 2 aromatic heterocycles. The fourth-order valence-corrected chi connectivity index (χ4v) is 6.84. The first-order valence-electron chi connectivity index (χ1n) is 16.4. The lowest BCUT2D eigenvalue weighted by atomic mass is 9.95. The molecule has 2 aliphatic rings. The van der Waals surface area contributed by atoms with Crippen molar-refractivity contribution in [3.05, 3.63) is 75.7 Å². The van der Waals surface area contributed by atoms with Gasteiger partial charge in [0.15, 0.2) is 5.52 Å². The third-order valence-corrected chi connectivity index (χ3v) is 9.22. The normalized spacial score (nSPS) is 16.9. The number of benzene rings is 2. The van der Waals surface area contributed by atoms with Gasteiger partial charge in [-0.2, -0.15) is 5.10 Å². The van der Waals surface area contributed by atoms with Crippen molar-refractivity contribution in [1.82, 2.24) is 30.0 Å². The summed E-state index contributed by atoms with van der Waals surface area (Å²) in [5.41, 5.74) is 4.27. The van der Waals surface area contributed by atoms with Crippen molar-refractivity contribution in [3.8, 4) is 17.1 Å². The Morgan fingerprint density at radius 1 is 1.07 bits per heavy atom. The van der Waals surface area contributed by atoms with Crippen LogP contribution in [0.3, 0.4) is 0 Å². The summed E-state index contributed by atoms with van der Waals surface area (Å²) < 4.78 is 13.9. The molecule has 6 rings (SSSR count). The number of carbonyl (C=O) groups excluding carboxylic acids is 1. The van der Waals surface area contributed by atoms with E-state index in [0.717, 1.165) is 68.4 Å². The maximum absolute atomic E-state index is 13.6. The summed E-state index contributed by atoms with van der Waals surface area (Å²) in [5, 5.41) is 8.17. The van der Waals surface area contributed by atoms with Crippen LogP contribution in [-0.4, -0.2) is 56.5 Å². The number of nitrogens with zero attached hydrogens (tertiary/aromatic N) is 4. The molecule has 2 fully saturated rings. The molecule has 1 saturated heterocycles. The molecule has 0 spiro atoms. The van der Waals surface area contributed by atoms with Crippen molar-refractivity contribution < 1.29 is 14.3 Å². The first-order chi connectivity index (χ1) is 21.9. The predicted octanol–water partition coefficient (Wildman–Crippen LogP) is 6.45. The van der Waals surface area contributed by atoms with Crippen LogP contribution in [0.15, 0.2) is 53.3 Å². The van der Waals surface area contributed by atoms with Crippen LogP contribution >= 0.6 is 0 Å². The first-order valence-corrected chi connectivity index (χ1v) is 16.4. The number of aromatic amines is 1. The lowest BCUT2D eigenvalue weighted by Crippen LogP contribution is -2.47. The van der Waals surface area contributed by atoms with Crippen LogP contribution < -0.4 is 15.6 Å². The van der Waals surface area contributed by atoms with Crippen molar-refractivity contribution in [2.24, 2.45) is 0 Å². The Hall–Kier alpha value is -4.18. The smallest absolute Gasteiger partial charge is 0.410 e. The lowest BCUT2D eigenvalue weighted by Gasteiger charge is -2.38. The average molecular weight is 613 g/mol. The van der Waals surface area contributed by atoms with E-state index in [1.807, 2.05) is 78.9 Å². The number of fused-ring (bicyclic) bond motifs is 1. The standard InChI is InChI=1S/C35H44N6O4/c1-4-44-30-21-26(24(3)40(27-17-19-36-20-18-27)35(43)45-22-25-11-7-5-8-12-25)15-16-29(30)33-37-31-23(2)39-41(32(31)34(42)38-33)28-13-9-6-10-14-28/h5,7-8,11-12,15-16,21,24,27-28,36H,4,6,9-10,13-14,17-20,22H2,1-3H3,(H,37,38,42). The number of aryl methyl sites for hydroxylation is 1. The molecule has 1 aliphatic heterocycles. The van der Waals surface area contributed by atoms with Crippen LogP contribution in [0, 0.1) is 6.92 Å². The van der Waals surface area contributed by atoms with Crippen LogP contribution in [0.5, 0.6) is 5.75 Å². The molecule has 3 heterocycles. The maximum Gasteiger partial charge on any atom is 0.410 e. The van der Waals surface area contributed by atoms with Crippen LogP contribution in [0.1, 0.15) is 87.7 Å². The third-order valence-electron chi connectivity index (χ3n) is 9.22. The second-order valence-corrected chi connectivity index (χ2v) is 12.2. The van der Waals surface area contributed by atoms with E-state index >= 15 is 0 Å². The molecule has 0 radical (unpaired) electrons. The van der Waals surface area contributed by atoms with E-state index in [2.05, 4.69) is 10.3 Å². The number of amides is 1. The minimum Gasteiger partial charge on any atom is -0.493 e. The van der Waals surface area contributed by atoms with Crippen molar-refractivity contribution in [3.63, 3.8) is 0 Å². The zero-order chi connectivity index (χ0) is 31.3. The van der Waals surface area contributed by atoms with Gasteiger partial charge < -0.3 is 19.8 Å². The summed E-state index contributed by atoms with van der Waals surface area (Å²) in [6, 6.07) is 15.6. The summed E-state index contributed by atoms with van der Waals surface area (Å²) in [5.74, 6) is 1.04. The molecule has 1 amide bonds. The number of hydrogen-bond acceptors (Lipinski definition) is 7. The highest BCUT2D eigenvalue weighted by atomic mass is 16.6. The van der Waals surface area contributed by atoms with Gasteiger partial charge in [0.05, 0.1) is 29.9 Å². The van der Waals surface area contributed by atoms with E-state index in [4.69, 9.17) is 19.6 Å². The van der Waals surface area contributed by atoms with E-state index in [-0.39, 0.29) is 36.4 Å². The van der Waals surface area contributed by atoms with Crippen molar-refractivity contribution in [2.75, 3.05) is 19.7 Å². The maximum atomic E-state index is 13.6. The topological polar surface area (TPSA) is 114 Å². The number of hydrogen-bond donors (Lipinski definition) is 2. The van der Waals surface area contributed by atoms with Crippen LogP contribution in [-0.2, 0) is 11.3 Å². The van der Waals surface area contributed by atoms with E-state index in [1.54, 1.807) is 0 Å². The van der Waals surface area contributed by atoms with Gasteiger partial charge in [0.1, 0.15) is 23.7 Å². The minimum absolute atomic E-state index is 0.0452. The molecule has 0 bridgehead atoms. The van der Waals surface area contributed by atoms with Gasteiger partial charge in [-0.25, -0.2) is 9.78 Å². The molecule has 2 N–H and O–H groups in total. The summed E-state index contributed by atoms with van der Waals surface area (Å²) in [4.78, 5) is 37.0. The fourth-order valence-electron chi connectivity index (χ4n) is 6.84. The summed E-state index contributed by atoms with van der Waals surface area (Å²) in [6.45, 7) is 8.23. The van der Waals surface area contributed by atoms with Crippen LogP contribution in [0.2, 0.25) is 0 Å².